The Morgan fingerprint density at radius 2 is 1.76 bits per heavy atom. The van der Waals surface area contributed by atoms with E-state index in [2.05, 4.69) is 0 Å². The number of carboxylic acids is 1. The standard InChI is InChI=1S/C7H6O2.C5H11NO2/c8-6-4-2-1-3-5-7(6)9;1-3(2)4(6)5(7)8/h1-5H,(H,8,9);3-4H,6H2,1-2H3,(H,7,8)/t;4-/m.0/s1. The normalized spacial score (nSPS) is 11.3. The monoisotopic (exact) mass is 239 g/mol. The van der Waals surface area contributed by atoms with Crippen LogP contribution in [0.15, 0.2) is 35.1 Å². The Morgan fingerprint density at radius 1 is 1.24 bits per heavy atom. The largest absolute Gasteiger partial charge is 0.504 e. The van der Waals surface area contributed by atoms with E-state index in [0.29, 0.717) is 0 Å². The second-order valence-corrected chi connectivity index (χ2v) is 3.77. The molecule has 5 nitrogen and oxygen atoms in total. The van der Waals surface area contributed by atoms with Gasteiger partial charge in [-0.2, -0.15) is 0 Å². The molecule has 0 bridgehead atoms. The van der Waals surface area contributed by atoms with E-state index in [1.807, 2.05) is 0 Å². The lowest BCUT2D eigenvalue weighted by molar-refractivity contribution is -0.139. The number of carbonyl (C=O) groups is 1. The first-order valence-corrected chi connectivity index (χ1v) is 5.13. The van der Waals surface area contributed by atoms with Crippen molar-refractivity contribution in [1.29, 1.82) is 0 Å². The van der Waals surface area contributed by atoms with Crippen LogP contribution < -0.4 is 11.2 Å². The van der Waals surface area contributed by atoms with Crippen LogP contribution in [0, 0.1) is 5.92 Å². The van der Waals surface area contributed by atoms with Crippen molar-refractivity contribution in [3.8, 4) is 5.75 Å². The van der Waals surface area contributed by atoms with E-state index in [4.69, 9.17) is 15.9 Å². The summed E-state index contributed by atoms with van der Waals surface area (Å²) in [5.74, 6) is -1.12. The quantitative estimate of drug-likeness (QED) is 0.709. The van der Waals surface area contributed by atoms with E-state index in [-0.39, 0.29) is 17.1 Å². The van der Waals surface area contributed by atoms with Crippen molar-refractivity contribution in [2.24, 2.45) is 11.7 Å². The van der Waals surface area contributed by atoms with Crippen LogP contribution in [-0.2, 0) is 4.79 Å². The minimum Gasteiger partial charge on any atom is -0.504 e. The Kier molecular flexibility index (Phi) is 6.58. The summed E-state index contributed by atoms with van der Waals surface area (Å²) in [6.45, 7) is 3.55. The molecule has 0 radical (unpaired) electrons. The van der Waals surface area contributed by atoms with Gasteiger partial charge < -0.3 is 15.9 Å². The Hall–Kier alpha value is -1.88. The molecule has 5 heteroatoms. The zero-order chi connectivity index (χ0) is 13.4. The Morgan fingerprint density at radius 3 is 2.18 bits per heavy atom. The van der Waals surface area contributed by atoms with Crippen LogP contribution >= 0.6 is 0 Å². The lowest BCUT2D eigenvalue weighted by atomic mass is 10.1. The SMILES string of the molecule is CC(C)[C@H](N)C(=O)O.O=c1cccccc1O. The van der Waals surface area contributed by atoms with Crippen LogP contribution in [0.4, 0.5) is 0 Å². The van der Waals surface area contributed by atoms with Gasteiger partial charge in [0.15, 0.2) is 5.75 Å². The molecule has 0 unspecified atom stereocenters. The predicted octanol–water partition coefficient (Wildman–Crippen LogP) is 0.807. The van der Waals surface area contributed by atoms with E-state index in [0.717, 1.165) is 0 Å². The molecule has 0 fully saturated rings. The minimum atomic E-state index is -0.931. The second kappa shape index (κ2) is 7.40. The van der Waals surface area contributed by atoms with Crippen LogP contribution in [-0.4, -0.2) is 22.2 Å². The van der Waals surface area contributed by atoms with Crippen molar-refractivity contribution >= 4 is 5.97 Å². The third-order valence-corrected chi connectivity index (χ3v) is 1.98. The number of rotatable bonds is 2. The van der Waals surface area contributed by atoms with Gasteiger partial charge in [-0.15, -0.1) is 0 Å². The van der Waals surface area contributed by atoms with Crippen LogP contribution in [0.1, 0.15) is 13.8 Å². The summed E-state index contributed by atoms with van der Waals surface area (Å²) in [7, 11) is 0. The number of hydrogen-bond donors (Lipinski definition) is 3. The molecule has 0 amide bonds. The summed E-state index contributed by atoms with van der Waals surface area (Å²) in [6.07, 6.45) is 0. The number of nitrogens with two attached hydrogens (primary N) is 1. The molecule has 17 heavy (non-hydrogen) atoms. The first-order valence-electron chi connectivity index (χ1n) is 5.13. The third-order valence-electron chi connectivity index (χ3n) is 1.98. The fourth-order valence-corrected chi connectivity index (χ4v) is 0.806. The van der Waals surface area contributed by atoms with Gasteiger partial charge in [0.2, 0.25) is 5.43 Å². The minimum absolute atomic E-state index is 0.0208. The zero-order valence-corrected chi connectivity index (χ0v) is 9.83. The fourth-order valence-electron chi connectivity index (χ4n) is 0.806. The lowest BCUT2D eigenvalue weighted by Crippen LogP contribution is -2.34. The molecule has 0 saturated heterocycles. The highest BCUT2D eigenvalue weighted by Gasteiger charge is 2.14. The van der Waals surface area contributed by atoms with Crippen molar-refractivity contribution in [2.45, 2.75) is 19.9 Å². The summed E-state index contributed by atoms with van der Waals surface area (Å²) in [4.78, 5) is 20.6. The first kappa shape index (κ1) is 15.1. The van der Waals surface area contributed by atoms with E-state index in [1.165, 1.54) is 12.1 Å². The van der Waals surface area contributed by atoms with E-state index in [1.54, 1.807) is 32.0 Å². The highest BCUT2D eigenvalue weighted by molar-refractivity contribution is 5.73. The smallest absolute Gasteiger partial charge is 0.320 e. The van der Waals surface area contributed by atoms with Crippen molar-refractivity contribution in [2.75, 3.05) is 0 Å². The maximum atomic E-state index is 10.6. The van der Waals surface area contributed by atoms with Gasteiger partial charge in [0.1, 0.15) is 6.04 Å². The van der Waals surface area contributed by atoms with E-state index in [9.17, 15) is 9.59 Å². The Bertz CT molecular complexity index is 417. The molecule has 0 saturated carbocycles. The van der Waals surface area contributed by atoms with Gasteiger partial charge in [-0.1, -0.05) is 32.0 Å². The van der Waals surface area contributed by atoms with Crippen molar-refractivity contribution in [3.63, 3.8) is 0 Å². The van der Waals surface area contributed by atoms with Crippen LogP contribution in [0.3, 0.4) is 0 Å². The molecule has 4 N–H and O–H groups in total. The fraction of sp³-hybridized carbons (Fsp3) is 0.333. The third kappa shape index (κ3) is 6.32. The molecule has 1 rings (SSSR count). The van der Waals surface area contributed by atoms with Crippen molar-refractivity contribution in [1.82, 2.24) is 0 Å². The number of carboxylic acid groups (broad SMARTS) is 1. The highest BCUT2D eigenvalue weighted by atomic mass is 16.4. The van der Waals surface area contributed by atoms with Gasteiger partial charge in [0, 0.05) is 0 Å². The molecule has 1 aromatic rings. The average Bonchev–Trinajstić information content (AvgIpc) is 2.44. The summed E-state index contributed by atoms with van der Waals surface area (Å²) < 4.78 is 0. The predicted molar refractivity (Wildman–Crippen MR) is 64.8 cm³/mol. The van der Waals surface area contributed by atoms with Gasteiger partial charge in [0.25, 0.3) is 0 Å². The van der Waals surface area contributed by atoms with Gasteiger partial charge >= 0.3 is 5.97 Å². The zero-order valence-electron chi connectivity index (χ0n) is 9.83. The second-order valence-electron chi connectivity index (χ2n) is 3.77. The molecule has 0 heterocycles. The van der Waals surface area contributed by atoms with Gasteiger partial charge in [-0.05, 0) is 18.1 Å². The molecule has 0 aliphatic heterocycles. The van der Waals surface area contributed by atoms with Crippen molar-refractivity contribution in [3.05, 3.63) is 40.6 Å². The summed E-state index contributed by atoms with van der Waals surface area (Å²) >= 11 is 0. The first-order chi connectivity index (χ1) is 7.86. The maximum absolute atomic E-state index is 10.6. The molecular formula is C12H17NO4. The maximum Gasteiger partial charge on any atom is 0.320 e. The molecule has 94 valence electrons. The Balaban J connectivity index is 0.000000304. The summed E-state index contributed by atoms with van der Waals surface area (Å²) in [5.41, 5.74) is 4.81. The molecule has 1 atom stereocenters. The van der Waals surface area contributed by atoms with Crippen LogP contribution in [0.5, 0.6) is 5.75 Å². The molecule has 0 aliphatic rings. The number of aliphatic carboxylic acids is 1. The topological polar surface area (TPSA) is 101 Å². The lowest BCUT2D eigenvalue weighted by Gasteiger charge is -2.07. The van der Waals surface area contributed by atoms with Gasteiger partial charge in [-0.25, -0.2) is 0 Å². The summed E-state index contributed by atoms with van der Waals surface area (Å²) in [6, 6.07) is 6.84. The highest BCUT2D eigenvalue weighted by Crippen LogP contribution is 1.96. The van der Waals surface area contributed by atoms with E-state index >= 15 is 0 Å². The van der Waals surface area contributed by atoms with Gasteiger partial charge in [-0.3, -0.25) is 9.59 Å². The number of aromatic hydroxyl groups is 1. The van der Waals surface area contributed by atoms with Crippen LogP contribution in [0.25, 0.3) is 0 Å². The number of hydrogen-bond acceptors (Lipinski definition) is 4. The molecule has 0 aliphatic carbocycles. The van der Waals surface area contributed by atoms with Gasteiger partial charge in [0.05, 0.1) is 0 Å². The van der Waals surface area contributed by atoms with Crippen molar-refractivity contribution < 1.29 is 15.0 Å². The van der Waals surface area contributed by atoms with E-state index < -0.39 is 12.0 Å². The Labute approximate surface area is 99.5 Å². The average molecular weight is 239 g/mol. The van der Waals surface area contributed by atoms with Crippen LogP contribution in [0.2, 0.25) is 0 Å². The molecule has 0 spiro atoms. The molecule has 1 aromatic carbocycles. The molecule has 0 aromatic heterocycles. The summed E-state index contributed by atoms with van der Waals surface area (Å²) in [5, 5.41) is 17.0. The molecular weight excluding hydrogens is 222 g/mol.